The number of hydrogen-bond acceptors (Lipinski definition) is 4. The zero-order valence-electron chi connectivity index (χ0n) is 9.12. The molecule has 1 rings (SSSR count). The van der Waals surface area contributed by atoms with Crippen LogP contribution in [0.15, 0.2) is 30.4 Å². The largest absolute Gasteiger partial charge is 0.489 e. The van der Waals surface area contributed by atoms with Crippen molar-refractivity contribution >= 4 is 11.7 Å². The number of carboxylic acid groups (broad SMARTS) is 1. The summed E-state index contributed by atoms with van der Waals surface area (Å²) in [6, 6.07) is 3.65. The maximum absolute atomic E-state index is 10.7. The normalized spacial score (nSPS) is 10.4. The summed E-state index contributed by atoms with van der Waals surface area (Å²) in [5.74, 6) is -1.07. The lowest BCUT2D eigenvalue weighted by Gasteiger charge is -2.04. The van der Waals surface area contributed by atoms with Gasteiger partial charge in [0.2, 0.25) is 0 Å². The van der Waals surface area contributed by atoms with Gasteiger partial charge < -0.3 is 9.84 Å². The monoisotopic (exact) mass is 237 g/mol. The van der Waals surface area contributed by atoms with E-state index in [0.29, 0.717) is 0 Å². The highest BCUT2D eigenvalue weighted by Gasteiger charge is 2.20. The molecule has 6 nitrogen and oxygen atoms in total. The smallest absolute Gasteiger partial charge is 0.342 e. The number of nitro groups is 1. The first-order valence-corrected chi connectivity index (χ1v) is 4.82. The molecule has 0 amide bonds. The Morgan fingerprint density at radius 2 is 2.29 bits per heavy atom. The minimum absolute atomic E-state index is 0.264. The topological polar surface area (TPSA) is 89.7 Å². The molecule has 0 aliphatic carbocycles. The molecule has 0 aliphatic rings. The molecule has 0 fully saturated rings. The fourth-order valence-corrected chi connectivity index (χ4v) is 1.17. The molecule has 0 aromatic heterocycles. The molecule has 0 saturated heterocycles. The van der Waals surface area contributed by atoms with Crippen molar-refractivity contribution in [1.82, 2.24) is 0 Å². The van der Waals surface area contributed by atoms with Crippen LogP contribution in [0.25, 0.3) is 0 Å². The van der Waals surface area contributed by atoms with E-state index in [0.717, 1.165) is 12.1 Å². The van der Waals surface area contributed by atoms with E-state index in [2.05, 4.69) is 0 Å². The molecule has 0 saturated carbocycles. The second-order valence-corrected chi connectivity index (χ2v) is 3.12. The summed E-state index contributed by atoms with van der Waals surface area (Å²) < 4.78 is 5.19. The zero-order valence-corrected chi connectivity index (χ0v) is 9.12. The Morgan fingerprint density at radius 1 is 1.59 bits per heavy atom. The lowest BCUT2D eigenvalue weighted by atomic mass is 10.2. The molecule has 0 heterocycles. The van der Waals surface area contributed by atoms with Gasteiger partial charge in [-0.3, -0.25) is 10.1 Å². The lowest BCUT2D eigenvalue weighted by Crippen LogP contribution is -2.03. The zero-order chi connectivity index (χ0) is 12.8. The molecule has 0 spiro atoms. The third kappa shape index (κ3) is 3.30. The minimum Gasteiger partial charge on any atom is -0.489 e. The fourth-order valence-electron chi connectivity index (χ4n) is 1.17. The molecule has 0 unspecified atom stereocenters. The van der Waals surface area contributed by atoms with Crippen LogP contribution in [-0.2, 0) is 0 Å². The molecule has 1 N–H and O–H groups in total. The first kappa shape index (κ1) is 12.7. The molecule has 0 radical (unpaired) electrons. The van der Waals surface area contributed by atoms with Crippen LogP contribution < -0.4 is 4.74 Å². The van der Waals surface area contributed by atoms with Gasteiger partial charge in [0.15, 0.2) is 0 Å². The molecule has 6 heteroatoms. The van der Waals surface area contributed by atoms with Crippen molar-refractivity contribution in [3.63, 3.8) is 0 Å². The van der Waals surface area contributed by atoms with Crippen molar-refractivity contribution in [2.75, 3.05) is 6.61 Å². The maximum Gasteiger partial charge on any atom is 0.342 e. The van der Waals surface area contributed by atoms with Gasteiger partial charge in [-0.2, -0.15) is 0 Å². The predicted octanol–water partition coefficient (Wildman–Crippen LogP) is 2.25. The van der Waals surface area contributed by atoms with Crippen LogP contribution in [-0.4, -0.2) is 22.6 Å². The van der Waals surface area contributed by atoms with Crippen molar-refractivity contribution in [3.05, 3.63) is 46.0 Å². The van der Waals surface area contributed by atoms with E-state index in [4.69, 9.17) is 9.84 Å². The number of carboxylic acids is 1. The molecule has 1 aromatic rings. The van der Waals surface area contributed by atoms with Crippen molar-refractivity contribution in [2.24, 2.45) is 0 Å². The SMILES string of the molecule is C/C=C/COc1ccc(C(=O)O)c([N+](=O)[O-])c1. The predicted molar refractivity (Wildman–Crippen MR) is 60.4 cm³/mol. The standard InChI is InChI=1S/C11H11NO5/c1-2-3-6-17-8-4-5-9(11(13)14)10(7-8)12(15)16/h2-5,7H,6H2,1H3,(H,13,14)/b3-2+. The summed E-state index contributed by atoms with van der Waals surface area (Å²) in [6.45, 7) is 2.10. The summed E-state index contributed by atoms with van der Waals surface area (Å²) in [5, 5.41) is 19.4. The lowest BCUT2D eigenvalue weighted by molar-refractivity contribution is -0.385. The number of allylic oxidation sites excluding steroid dienone is 1. The average molecular weight is 237 g/mol. The van der Waals surface area contributed by atoms with Crippen LogP contribution in [0.3, 0.4) is 0 Å². The molecular formula is C11H11NO5. The van der Waals surface area contributed by atoms with E-state index in [9.17, 15) is 14.9 Å². The number of benzene rings is 1. The van der Waals surface area contributed by atoms with Gasteiger partial charge in [0.1, 0.15) is 17.9 Å². The minimum atomic E-state index is -1.34. The number of rotatable bonds is 5. The highest BCUT2D eigenvalue weighted by molar-refractivity contribution is 5.92. The van der Waals surface area contributed by atoms with E-state index < -0.39 is 16.6 Å². The Hall–Kier alpha value is -2.37. The number of ether oxygens (including phenoxy) is 1. The van der Waals surface area contributed by atoms with E-state index in [1.54, 1.807) is 12.2 Å². The number of hydrogen-bond donors (Lipinski definition) is 1. The van der Waals surface area contributed by atoms with Crippen molar-refractivity contribution in [1.29, 1.82) is 0 Å². The molecule has 0 aliphatic heterocycles. The first-order valence-electron chi connectivity index (χ1n) is 4.82. The molecule has 17 heavy (non-hydrogen) atoms. The van der Waals surface area contributed by atoms with Gasteiger partial charge in [-0.25, -0.2) is 4.79 Å². The van der Waals surface area contributed by atoms with Crippen LogP contribution in [0.2, 0.25) is 0 Å². The molecule has 0 bridgehead atoms. The number of nitrogens with zero attached hydrogens (tertiary/aromatic N) is 1. The molecular weight excluding hydrogens is 226 g/mol. The van der Waals surface area contributed by atoms with Crippen LogP contribution >= 0.6 is 0 Å². The molecule has 90 valence electrons. The Labute approximate surface area is 97.3 Å². The van der Waals surface area contributed by atoms with Gasteiger partial charge >= 0.3 is 5.97 Å². The third-order valence-corrected chi connectivity index (χ3v) is 1.98. The van der Waals surface area contributed by atoms with Crippen LogP contribution in [0.5, 0.6) is 5.75 Å². The van der Waals surface area contributed by atoms with Gasteiger partial charge in [-0.1, -0.05) is 12.2 Å². The van der Waals surface area contributed by atoms with E-state index in [1.807, 2.05) is 6.92 Å². The van der Waals surface area contributed by atoms with Crippen LogP contribution in [0.4, 0.5) is 5.69 Å². The average Bonchev–Trinajstić information content (AvgIpc) is 2.29. The number of aromatic carboxylic acids is 1. The van der Waals surface area contributed by atoms with Crippen LogP contribution in [0, 0.1) is 10.1 Å². The summed E-state index contributed by atoms with van der Waals surface area (Å²) in [4.78, 5) is 20.7. The van der Waals surface area contributed by atoms with E-state index in [1.165, 1.54) is 6.07 Å². The summed E-state index contributed by atoms with van der Waals surface area (Å²) >= 11 is 0. The summed E-state index contributed by atoms with van der Waals surface area (Å²) in [5.41, 5.74) is -0.830. The van der Waals surface area contributed by atoms with Gasteiger partial charge in [-0.15, -0.1) is 0 Å². The number of carbonyl (C=O) groups is 1. The van der Waals surface area contributed by atoms with Gasteiger partial charge in [0.05, 0.1) is 11.0 Å². The third-order valence-electron chi connectivity index (χ3n) is 1.98. The Bertz CT molecular complexity index is 467. The Morgan fingerprint density at radius 3 is 2.82 bits per heavy atom. The maximum atomic E-state index is 10.7. The van der Waals surface area contributed by atoms with E-state index in [-0.39, 0.29) is 17.9 Å². The van der Waals surface area contributed by atoms with Crippen molar-refractivity contribution < 1.29 is 19.6 Å². The Kier molecular flexibility index (Phi) is 4.21. The van der Waals surface area contributed by atoms with Crippen molar-refractivity contribution in [3.8, 4) is 5.75 Å². The quantitative estimate of drug-likeness (QED) is 0.482. The highest BCUT2D eigenvalue weighted by Crippen LogP contribution is 2.24. The van der Waals surface area contributed by atoms with Gasteiger partial charge in [0, 0.05) is 0 Å². The first-order chi connectivity index (χ1) is 8.06. The van der Waals surface area contributed by atoms with Crippen molar-refractivity contribution in [2.45, 2.75) is 6.92 Å². The second kappa shape index (κ2) is 5.64. The van der Waals surface area contributed by atoms with Gasteiger partial charge in [-0.05, 0) is 19.1 Å². The Balaban J connectivity index is 3.01. The fraction of sp³-hybridized carbons (Fsp3) is 0.182. The second-order valence-electron chi connectivity index (χ2n) is 3.12. The molecule has 0 atom stereocenters. The van der Waals surface area contributed by atoms with Gasteiger partial charge in [0.25, 0.3) is 5.69 Å². The van der Waals surface area contributed by atoms with Crippen LogP contribution in [0.1, 0.15) is 17.3 Å². The summed E-state index contributed by atoms with van der Waals surface area (Å²) in [7, 11) is 0. The molecule has 1 aromatic carbocycles. The van der Waals surface area contributed by atoms with E-state index >= 15 is 0 Å². The highest BCUT2D eigenvalue weighted by atomic mass is 16.6. The number of nitro benzene ring substituents is 1. The summed E-state index contributed by atoms with van der Waals surface area (Å²) in [6.07, 6.45) is 3.51.